The molecule has 0 saturated carbocycles. The van der Waals surface area contributed by atoms with Crippen LogP contribution < -0.4 is 0 Å². The predicted octanol–water partition coefficient (Wildman–Crippen LogP) is 4.04. The molecule has 0 N–H and O–H groups in total. The maximum Gasteiger partial charge on any atom is 0.311 e. The quantitative estimate of drug-likeness (QED) is 0.641. The van der Waals surface area contributed by atoms with Crippen molar-refractivity contribution in [3.05, 3.63) is 0 Å². The summed E-state index contributed by atoms with van der Waals surface area (Å²) in [5.74, 6) is 0.260. The molecule has 0 heterocycles. The molecule has 0 aromatic carbocycles. The molecule has 96 valence electrons. The van der Waals surface area contributed by atoms with Gasteiger partial charge in [0, 0.05) is 0 Å². The number of carbonyl (C=O) groups is 1. The van der Waals surface area contributed by atoms with Crippen LogP contribution in [-0.2, 0) is 9.53 Å². The Morgan fingerprint density at radius 1 is 1.19 bits per heavy atom. The molecule has 0 rings (SSSR count). The van der Waals surface area contributed by atoms with E-state index in [1.54, 1.807) is 0 Å². The Hall–Kier alpha value is -0.530. The summed E-state index contributed by atoms with van der Waals surface area (Å²) in [5.41, 5.74) is -0.0916. The SMILES string of the molecule is CCOC(=O)C(C)(C)C(C)CC(C)(C)CC. The molecule has 16 heavy (non-hydrogen) atoms. The smallest absolute Gasteiger partial charge is 0.311 e. The number of carbonyl (C=O) groups excluding carboxylic acids is 1. The Bertz CT molecular complexity index is 229. The Labute approximate surface area is 101 Å². The normalized spacial score (nSPS) is 14.7. The minimum atomic E-state index is -0.386. The monoisotopic (exact) mass is 228 g/mol. The Morgan fingerprint density at radius 3 is 2.06 bits per heavy atom. The van der Waals surface area contributed by atoms with Gasteiger partial charge in [-0.25, -0.2) is 0 Å². The third-order valence-electron chi connectivity index (χ3n) is 3.85. The third kappa shape index (κ3) is 4.15. The molecule has 0 fully saturated rings. The molecule has 1 unspecified atom stereocenters. The topological polar surface area (TPSA) is 26.3 Å². The Kier molecular flexibility index (Phi) is 5.51. The van der Waals surface area contributed by atoms with Gasteiger partial charge in [-0.3, -0.25) is 4.79 Å². The lowest BCUT2D eigenvalue weighted by Crippen LogP contribution is -2.35. The average molecular weight is 228 g/mol. The van der Waals surface area contributed by atoms with Gasteiger partial charge in [-0.15, -0.1) is 0 Å². The molecule has 0 saturated heterocycles. The minimum absolute atomic E-state index is 0.0746. The predicted molar refractivity (Wildman–Crippen MR) is 68.3 cm³/mol. The maximum absolute atomic E-state index is 11.9. The molecule has 0 spiro atoms. The summed E-state index contributed by atoms with van der Waals surface area (Å²) in [7, 11) is 0. The van der Waals surface area contributed by atoms with Crippen LogP contribution in [0.2, 0.25) is 0 Å². The van der Waals surface area contributed by atoms with Gasteiger partial charge in [0.2, 0.25) is 0 Å². The summed E-state index contributed by atoms with van der Waals surface area (Å²) in [6.07, 6.45) is 2.19. The summed E-state index contributed by atoms with van der Waals surface area (Å²) >= 11 is 0. The lowest BCUT2D eigenvalue weighted by atomic mass is 9.70. The first kappa shape index (κ1) is 15.5. The molecular formula is C14H28O2. The van der Waals surface area contributed by atoms with Gasteiger partial charge in [-0.1, -0.05) is 34.1 Å². The maximum atomic E-state index is 11.9. The first-order chi connectivity index (χ1) is 7.17. The summed E-state index contributed by atoms with van der Waals surface area (Å²) in [6, 6.07) is 0. The Balaban J connectivity index is 4.57. The highest BCUT2D eigenvalue weighted by molar-refractivity contribution is 5.76. The van der Waals surface area contributed by atoms with E-state index in [1.165, 1.54) is 0 Å². The highest BCUT2D eigenvalue weighted by Crippen LogP contribution is 2.38. The van der Waals surface area contributed by atoms with Gasteiger partial charge >= 0.3 is 5.97 Å². The number of hydrogen-bond donors (Lipinski definition) is 0. The van der Waals surface area contributed by atoms with Gasteiger partial charge in [0.25, 0.3) is 0 Å². The van der Waals surface area contributed by atoms with Crippen LogP contribution in [0.15, 0.2) is 0 Å². The first-order valence-electron chi connectivity index (χ1n) is 6.34. The summed E-state index contributed by atoms with van der Waals surface area (Å²) in [4.78, 5) is 11.9. The first-order valence-corrected chi connectivity index (χ1v) is 6.34. The molecule has 0 aliphatic carbocycles. The number of esters is 1. The van der Waals surface area contributed by atoms with Crippen molar-refractivity contribution in [2.24, 2.45) is 16.7 Å². The molecule has 0 aliphatic rings. The van der Waals surface area contributed by atoms with E-state index >= 15 is 0 Å². The summed E-state index contributed by atoms with van der Waals surface area (Å²) in [6.45, 7) is 15.2. The van der Waals surface area contributed by atoms with E-state index in [4.69, 9.17) is 4.74 Å². The lowest BCUT2D eigenvalue weighted by molar-refractivity contribution is -0.156. The fourth-order valence-electron chi connectivity index (χ4n) is 1.75. The second-order valence-corrected chi connectivity index (χ2v) is 6.07. The van der Waals surface area contributed by atoms with Crippen LogP contribution in [0.4, 0.5) is 0 Å². The second-order valence-electron chi connectivity index (χ2n) is 6.07. The van der Waals surface area contributed by atoms with Gasteiger partial charge in [0.05, 0.1) is 12.0 Å². The van der Waals surface area contributed by atoms with Crippen molar-refractivity contribution < 1.29 is 9.53 Å². The van der Waals surface area contributed by atoms with E-state index in [2.05, 4.69) is 27.7 Å². The van der Waals surface area contributed by atoms with Crippen LogP contribution in [0.3, 0.4) is 0 Å². The summed E-state index contributed by atoms with van der Waals surface area (Å²) in [5, 5.41) is 0. The zero-order chi connectivity index (χ0) is 13.0. The average Bonchev–Trinajstić information content (AvgIpc) is 2.17. The van der Waals surface area contributed by atoms with Crippen LogP contribution >= 0.6 is 0 Å². The fraction of sp³-hybridized carbons (Fsp3) is 0.929. The fourth-order valence-corrected chi connectivity index (χ4v) is 1.75. The largest absolute Gasteiger partial charge is 0.466 e. The van der Waals surface area contributed by atoms with Crippen LogP contribution in [0.5, 0.6) is 0 Å². The molecule has 0 amide bonds. The molecule has 1 atom stereocenters. The highest BCUT2D eigenvalue weighted by Gasteiger charge is 2.37. The standard InChI is InChI=1S/C14H28O2/c1-8-13(4,5)10-11(3)14(6,7)12(15)16-9-2/h11H,8-10H2,1-7H3. The van der Waals surface area contributed by atoms with Crippen molar-refractivity contribution >= 4 is 5.97 Å². The Morgan fingerprint density at radius 2 is 1.69 bits per heavy atom. The van der Waals surface area contributed by atoms with Crippen LogP contribution in [0, 0.1) is 16.7 Å². The third-order valence-corrected chi connectivity index (χ3v) is 3.85. The summed E-state index contributed by atoms with van der Waals surface area (Å²) < 4.78 is 5.14. The number of rotatable bonds is 6. The van der Waals surface area contributed by atoms with Crippen molar-refractivity contribution in [1.29, 1.82) is 0 Å². The zero-order valence-electron chi connectivity index (χ0n) is 12.0. The van der Waals surface area contributed by atoms with Crippen molar-refractivity contribution in [2.75, 3.05) is 6.61 Å². The van der Waals surface area contributed by atoms with E-state index in [9.17, 15) is 4.79 Å². The molecule has 0 aromatic rings. The molecule has 2 nitrogen and oxygen atoms in total. The molecule has 0 aliphatic heterocycles. The van der Waals surface area contributed by atoms with Crippen LogP contribution in [-0.4, -0.2) is 12.6 Å². The molecule has 0 radical (unpaired) electrons. The number of hydrogen-bond acceptors (Lipinski definition) is 2. The number of ether oxygens (including phenoxy) is 1. The second kappa shape index (κ2) is 5.70. The van der Waals surface area contributed by atoms with Crippen LogP contribution in [0.1, 0.15) is 61.3 Å². The van der Waals surface area contributed by atoms with Gasteiger partial charge < -0.3 is 4.74 Å². The van der Waals surface area contributed by atoms with E-state index in [0.29, 0.717) is 17.9 Å². The highest BCUT2D eigenvalue weighted by atomic mass is 16.5. The van der Waals surface area contributed by atoms with Gasteiger partial charge in [-0.2, -0.15) is 0 Å². The molecule has 0 bridgehead atoms. The molecule has 0 aromatic heterocycles. The van der Waals surface area contributed by atoms with Crippen molar-refractivity contribution in [1.82, 2.24) is 0 Å². The van der Waals surface area contributed by atoms with Crippen LogP contribution in [0.25, 0.3) is 0 Å². The molecular weight excluding hydrogens is 200 g/mol. The molecule has 2 heteroatoms. The van der Waals surface area contributed by atoms with Crippen molar-refractivity contribution in [3.63, 3.8) is 0 Å². The van der Waals surface area contributed by atoms with E-state index < -0.39 is 0 Å². The van der Waals surface area contributed by atoms with Crippen molar-refractivity contribution in [2.45, 2.75) is 61.3 Å². The van der Waals surface area contributed by atoms with Gasteiger partial charge in [0.15, 0.2) is 0 Å². The lowest BCUT2D eigenvalue weighted by Gasteiger charge is -2.35. The van der Waals surface area contributed by atoms with Crippen molar-refractivity contribution in [3.8, 4) is 0 Å². The van der Waals surface area contributed by atoms with E-state index in [1.807, 2.05) is 20.8 Å². The van der Waals surface area contributed by atoms with Gasteiger partial charge in [0.1, 0.15) is 0 Å². The van der Waals surface area contributed by atoms with Gasteiger partial charge in [-0.05, 0) is 38.5 Å². The zero-order valence-corrected chi connectivity index (χ0v) is 12.0. The van der Waals surface area contributed by atoms with E-state index in [-0.39, 0.29) is 11.4 Å². The minimum Gasteiger partial charge on any atom is -0.466 e. The van der Waals surface area contributed by atoms with E-state index in [0.717, 1.165) is 12.8 Å².